The van der Waals surface area contributed by atoms with Crippen LogP contribution in [0.25, 0.3) is 5.69 Å². The van der Waals surface area contributed by atoms with Crippen molar-refractivity contribution in [3.05, 3.63) is 59.2 Å². The average Bonchev–Trinajstić information content (AvgIpc) is 3.24. The zero-order chi connectivity index (χ0) is 19.8. The molecule has 7 heteroatoms. The van der Waals surface area contributed by atoms with Crippen LogP contribution in [-0.4, -0.2) is 37.4 Å². The molecule has 2 unspecified atom stereocenters. The molecule has 1 aliphatic rings. The van der Waals surface area contributed by atoms with Gasteiger partial charge in [-0.1, -0.05) is 48.2 Å². The summed E-state index contributed by atoms with van der Waals surface area (Å²) in [7, 11) is 0. The fraction of sp³-hybridized carbons (Fsp3) is 0.333. The van der Waals surface area contributed by atoms with Crippen LogP contribution < -0.4 is 4.90 Å². The number of benzene rings is 2. The predicted octanol–water partition coefficient (Wildman–Crippen LogP) is 3.74. The first-order valence-corrected chi connectivity index (χ1v) is 10.3. The van der Waals surface area contributed by atoms with E-state index in [4.69, 9.17) is 0 Å². The third kappa shape index (κ3) is 3.20. The minimum absolute atomic E-state index is 0.0819. The number of carbonyl (C=O) groups excluding carboxylic acids is 1. The van der Waals surface area contributed by atoms with Crippen LogP contribution in [0.3, 0.4) is 0 Å². The Morgan fingerprint density at radius 2 is 1.86 bits per heavy atom. The van der Waals surface area contributed by atoms with Gasteiger partial charge in [0, 0.05) is 11.7 Å². The summed E-state index contributed by atoms with van der Waals surface area (Å²) in [6.45, 7) is 8.09. The highest BCUT2D eigenvalue weighted by Gasteiger charge is 2.34. The number of tetrazole rings is 1. The Hall–Kier alpha value is -2.67. The molecule has 1 amide bonds. The van der Waals surface area contributed by atoms with Gasteiger partial charge in [0.15, 0.2) is 0 Å². The van der Waals surface area contributed by atoms with Gasteiger partial charge in [-0.3, -0.25) is 4.79 Å². The van der Waals surface area contributed by atoms with E-state index in [9.17, 15) is 4.79 Å². The number of hydrogen-bond acceptors (Lipinski definition) is 5. The standard InChI is InChI=1S/C21H23N5OS/c1-13-8-7-9-14(2)19(13)26-21(22-23-24-26)28-16(4)20(27)25-15(3)12-17-10-5-6-11-18(17)25/h5-11,15-16H,12H2,1-4H3. The molecule has 0 saturated heterocycles. The highest BCUT2D eigenvalue weighted by molar-refractivity contribution is 8.00. The number of fused-ring (bicyclic) bond motifs is 1. The molecule has 4 rings (SSSR count). The van der Waals surface area contributed by atoms with Crippen molar-refractivity contribution < 1.29 is 4.79 Å². The topological polar surface area (TPSA) is 63.9 Å². The molecule has 2 heterocycles. The molecule has 1 aliphatic heterocycles. The predicted molar refractivity (Wildman–Crippen MR) is 111 cm³/mol. The van der Waals surface area contributed by atoms with Crippen molar-refractivity contribution in [3.63, 3.8) is 0 Å². The molecule has 2 atom stereocenters. The average molecular weight is 394 g/mol. The second kappa shape index (κ2) is 7.39. The van der Waals surface area contributed by atoms with Gasteiger partial charge in [0.1, 0.15) is 0 Å². The van der Waals surface area contributed by atoms with Gasteiger partial charge in [0.2, 0.25) is 11.1 Å². The quantitative estimate of drug-likeness (QED) is 0.632. The van der Waals surface area contributed by atoms with E-state index in [2.05, 4.69) is 28.5 Å². The monoisotopic (exact) mass is 393 g/mol. The first kappa shape index (κ1) is 18.7. The van der Waals surface area contributed by atoms with Crippen molar-refractivity contribution in [2.75, 3.05) is 4.90 Å². The van der Waals surface area contributed by atoms with E-state index in [1.807, 2.05) is 62.1 Å². The molecule has 0 N–H and O–H groups in total. The molecule has 0 aliphatic carbocycles. The summed E-state index contributed by atoms with van der Waals surface area (Å²) in [5, 5.41) is 12.5. The number of hydrogen-bond donors (Lipinski definition) is 0. The van der Waals surface area contributed by atoms with Crippen LogP contribution in [0.4, 0.5) is 5.69 Å². The van der Waals surface area contributed by atoms with Gasteiger partial charge in [0.05, 0.1) is 10.9 Å². The lowest BCUT2D eigenvalue weighted by molar-refractivity contribution is -0.118. The van der Waals surface area contributed by atoms with E-state index < -0.39 is 0 Å². The van der Waals surface area contributed by atoms with Crippen LogP contribution in [0.2, 0.25) is 0 Å². The molecule has 3 aromatic rings. The maximum absolute atomic E-state index is 13.3. The van der Waals surface area contributed by atoms with Gasteiger partial charge < -0.3 is 4.90 Å². The number of aryl methyl sites for hydroxylation is 2. The first-order chi connectivity index (χ1) is 13.5. The molecule has 0 saturated carbocycles. The minimum atomic E-state index is -0.303. The lowest BCUT2D eigenvalue weighted by Gasteiger charge is -2.25. The SMILES string of the molecule is Cc1cccc(C)c1-n1nnnc1SC(C)C(=O)N1c2ccccc2CC1C. The van der Waals surface area contributed by atoms with Gasteiger partial charge in [-0.2, -0.15) is 4.68 Å². The number of thioether (sulfide) groups is 1. The summed E-state index contributed by atoms with van der Waals surface area (Å²) >= 11 is 1.40. The Labute approximate surface area is 168 Å². The summed E-state index contributed by atoms with van der Waals surface area (Å²) in [6, 6.07) is 14.4. The van der Waals surface area contributed by atoms with Crippen molar-refractivity contribution in [1.29, 1.82) is 0 Å². The molecule has 2 aromatic carbocycles. The van der Waals surface area contributed by atoms with E-state index in [0.29, 0.717) is 5.16 Å². The van der Waals surface area contributed by atoms with E-state index in [0.717, 1.165) is 28.9 Å². The molecular weight excluding hydrogens is 370 g/mol. The van der Waals surface area contributed by atoms with Crippen molar-refractivity contribution >= 4 is 23.4 Å². The van der Waals surface area contributed by atoms with Crippen LogP contribution in [0, 0.1) is 13.8 Å². The fourth-order valence-electron chi connectivity index (χ4n) is 3.84. The Kier molecular flexibility index (Phi) is 4.93. The lowest BCUT2D eigenvalue weighted by Crippen LogP contribution is -2.40. The summed E-state index contributed by atoms with van der Waals surface area (Å²) in [6.07, 6.45) is 0.888. The van der Waals surface area contributed by atoms with Crippen molar-refractivity contribution in [2.24, 2.45) is 0 Å². The number of anilines is 1. The number of amides is 1. The highest BCUT2D eigenvalue weighted by Crippen LogP contribution is 2.35. The zero-order valence-corrected chi connectivity index (χ0v) is 17.3. The van der Waals surface area contributed by atoms with Crippen molar-refractivity contribution in [1.82, 2.24) is 20.2 Å². The number of nitrogens with zero attached hydrogens (tertiary/aromatic N) is 5. The second-order valence-electron chi connectivity index (χ2n) is 7.26. The molecule has 0 fully saturated rings. The molecule has 0 radical (unpaired) electrons. The summed E-state index contributed by atoms with van der Waals surface area (Å²) in [4.78, 5) is 15.2. The summed E-state index contributed by atoms with van der Waals surface area (Å²) < 4.78 is 1.74. The molecule has 0 bridgehead atoms. The molecule has 144 valence electrons. The first-order valence-electron chi connectivity index (χ1n) is 9.40. The number of rotatable bonds is 4. The molecule has 0 spiro atoms. The van der Waals surface area contributed by atoms with Gasteiger partial charge in [-0.15, -0.1) is 5.10 Å². The van der Waals surface area contributed by atoms with Crippen molar-refractivity contribution in [2.45, 2.75) is 50.6 Å². The van der Waals surface area contributed by atoms with Gasteiger partial charge >= 0.3 is 0 Å². The van der Waals surface area contributed by atoms with Gasteiger partial charge in [0.25, 0.3) is 0 Å². The van der Waals surface area contributed by atoms with E-state index >= 15 is 0 Å². The highest BCUT2D eigenvalue weighted by atomic mass is 32.2. The zero-order valence-electron chi connectivity index (χ0n) is 16.5. The molecule has 28 heavy (non-hydrogen) atoms. The van der Waals surface area contributed by atoms with Crippen LogP contribution in [0.15, 0.2) is 47.6 Å². The second-order valence-corrected chi connectivity index (χ2v) is 8.57. The Morgan fingerprint density at radius 1 is 1.14 bits per heavy atom. The molecular formula is C21H23N5OS. The van der Waals surface area contributed by atoms with E-state index in [1.54, 1.807) is 4.68 Å². The fourth-order valence-corrected chi connectivity index (χ4v) is 4.68. The normalized spacial score (nSPS) is 16.9. The molecule has 6 nitrogen and oxygen atoms in total. The Morgan fingerprint density at radius 3 is 2.61 bits per heavy atom. The van der Waals surface area contributed by atoms with Crippen LogP contribution in [-0.2, 0) is 11.2 Å². The summed E-state index contributed by atoms with van der Waals surface area (Å²) in [5.74, 6) is 0.0819. The minimum Gasteiger partial charge on any atom is -0.308 e. The Bertz CT molecular complexity index is 1010. The Balaban J connectivity index is 1.60. The summed E-state index contributed by atoms with van der Waals surface area (Å²) in [5.41, 5.74) is 5.39. The maximum atomic E-state index is 13.3. The van der Waals surface area contributed by atoms with Gasteiger partial charge in [-0.25, -0.2) is 0 Å². The van der Waals surface area contributed by atoms with Gasteiger partial charge in [-0.05, 0) is 67.3 Å². The maximum Gasteiger partial charge on any atom is 0.240 e. The number of carbonyl (C=O) groups is 1. The van der Waals surface area contributed by atoms with Crippen LogP contribution in [0.5, 0.6) is 0 Å². The number of para-hydroxylation sites is 2. The number of aromatic nitrogens is 4. The van der Waals surface area contributed by atoms with E-state index in [1.165, 1.54) is 17.3 Å². The third-order valence-electron chi connectivity index (χ3n) is 5.17. The van der Waals surface area contributed by atoms with Crippen LogP contribution >= 0.6 is 11.8 Å². The van der Waals surface area contributed by atoms with Crippen molar-refractivity contribution in [3.8, 4) is 5.69 Å². The third-order valence-corrected chi connectivity index (χ3v) is 6.19. The lowest BCUT2D eigenvalue weighted by atomic mass is 10.1. The van der Waals surface area contributed by atoms with E-state index in [-0.39, 0.29) is 17.2 Å². The smallest absolute Gasteiger partial charge is 0.240 e. The largest absolute Gasteiger partial charge is 0.308 e. The molecule has 1 aromatic heterocycles. The van der Waals surface area contributed by atoms with Crippen LogP contribution in [0.1, 0.15) is 30.5 Å².